The highest BCUT2D eigenvalue weighted by molar-refractivity contribution is 5.82. The van der Waals surface area contributed by atoms with Crippen molar-refractivity contribution in [3.05, 3.63) is 24.3 Å². The van der Waals surface area contributed by atoms with Gasteiger partial charge in [0.1, 0.15) is 0 Å². The van der Waals surface area contributed by atoms with Crippen LogP contribution in [0.2, 0.25) is 0 Å². The second-order valence-corrected chi connectivity index (χ2v) is 2.80. The third-order valence-electron chi connectivity index (χ3n) is 1.74. The predicted octanol–water partition coefficient (Wildman–Crippen LogP) is 2.22. The Morgan fingerprint density at radius 2 is 2.08 bits per heavy atom. The number of carbonyl (C=O) groups is 1. The van der Waals surface area contributed by atoms with Crippen LogP contribution in [0.1, 0.15) is 25.7 Å². The molecule has 2 heteroatoms. The first-order valence-electron chi connectivity index (χ1n) is 4.39. The van der Waals surface area contributed by atoms with Crippen molar-refractivity contribution in [1.82, 2.24) is 0 Å². The van der Waals surface area contributed by atoms with Crippen LogP contribution >= 0.6 is 0 Å². The number of esters is 1. The van der Waals surface area contributed by atoms with E-state index in [2.05, 4.69) is 6.08 Å². The van der Waals surface area contributed by atoms with Gasteiger partial charge in [-0.25, -0.2) is 4.79 Å². The highest BCUT2D eigenvalue weighted by Gasteiger charge is 1.96. The van der Waals surface area contributed by atoms with Gasteiger partial charge in [-0.05, 0) is 25.7 Å². The third-order valence-corrected chi connectivity index (χ3v) is 1.74. The van der Waals surface area contributed by atoms with Crippen LogP contribution in [0.25, 0.3) is 0 Å². The summed E-state index contributed by atoms with van der Waals surface area (Å²) in [4.78, 5) is 10.9. The van der Waals surface area contributed by atoms with Crippen molar-refractivity contribution in [3.63, 3.8) is 0 Å². The monoisotopic (exact) mass is 166 g/mol. The molecule has 0 bridgehead atoms. The summed E-state index contributed by atoms with van der Waals surface area (Å²) in [6.07, 6.45) is 11.6. The number of ether oxygens (including phenoxy) is 1. The molecule has 0 aromatic heterocycles. The van der Waals surface area contributed by atoms with Gasteiger partial charge in [-0.3, -0.25) is 0 Å². The molecule has 1 rings (SSSR count). The Morgan fingerprint density at radius 3 is 3.00 bits per heavy atom. The molecule has 0 amide bonds. The summed E-state index contributed by atoms with van der Waals surface area (Å²) in [5, 5.41) is 0. The van der Waals surface area contributed by atoms with E-state index < -0.39 is 0 Å². The van der Waals surface area contributed by atoms with Gasteiger partial charge < -0.3 is 4.74 Å². The van der Waals surface area contributed by atoms with Gasteiger partial charge in [-0.2, -0.15) is 0 Å². The first kappa shape index (κ1) is 9.04. The number of rotatable bonds is 0. The SMILES string of the molecule is O=C1/C=C\C=C\CCCCCO1. The van der Waals surface area contributed by atoms with Gasteiger partial charge in [-0.1, -0.05) is 18.2 Å². The maximum atomic E-state index is 10.9. The average Bonchev–Trinajstić information content (AvgIpc) is 2.11. The van der Waals surface area contributed by atoms with Gasteiger partial charge in [0.25, 0.3) is 0 Å². The van der Waals surface area contributed by atoms with E-state index in [1.807, 2.05) is 6.08 Å². The van der Waals surface area contributed by atoms with Gasteiger partial charge >= 0.3 is 5.97 Å². The van der Waals surface area contributed by atoms with Gasteiger partial charge in [0, 0.05) is 6.08 Å². The van der Waals surface area contributed by atoms with Crippen molar-refractivity contribution in [2.75, 3.05) is 6.61 Å². The van der Waals surface area contributed by atoms with Crippen molar-refractivity contribution in [2.45, 2.75) is 25.7 Å². The van der Waals surface area contributed by atoms with E-state index in [9.17, 15) is 4.79 Å². The number of carbonyl (C=O) groups excluding carboxylic acids is 1. The van der Waals surface area contributed by atoms with E-state index in [-0.39, 0.29) is 5.97 Å². The molecule has 1 heterocycles. The van der Waals surface area contributed by atoms with Crippen molar-refractivity contribution < 1.29 is 9.53 Å². The number of hydrogen-bond donors (Lipinski definition) is 0. The molecule has 1 aliphatic heterocycles. The maximum absolute atomic E-state index is 10.9. The molecule has 66 valence electrons. The minimum Gasteiger partial charge on any atom is -0.463 e. The molecule has 0 atom stereocenters. The molecular formula is C10H14O2. The zero-order chi connectivity index (χ0) is 8.65. The van der Waals surface area contributed by atoms with Crippen LogP contribution < -0.4 is 0 Å². The van der Waals surface area contributed by atoms with Gasteiger partial charge in [0.05, 0.1) is 6.61 Å². The zero-order valence-electron chi connectivity index (χ0n) is 7.16. The number of allylic oxidation sites excluding steroid dienone is 3. The highest BCUT2D eigenvalue weighted by Crippen LogP contribution is 2.02. The van der Waals surface area contributed by atoms with Crippen LogP contribution in [0, 0.1) is 0 Å². The van der Waals surface area contributed by atoms with Gasteiger partial charge in [0.2, 0.25) is 0 Å². The summed E-state index contributed by atoms with van der Waals surface area (Å²) in [5.74, 6) is -0.235. The lowest BCUT2D eigenvalue weighted by molar-refractivity contribution is -0.137. The number of cyclic esters (lactones) is 1. The molecule has 0 saturated heterocycles. The normalized spacial score (nSPS) is 25.2. The van der Waals surface area contributed by atoms with Crippen LogP contribution in [0.3, 0.4) is 0 Å². The van der Waals surface area contributed by atoms with Crippen molar-refractivity contribution in [3.8, 4) is 0 Å². The second-order valence-electron chi connectivity index (χ2n) is 2.80. The first-order chi connectivity index (χ1) is 5.89. The largest absolute Gasteiger partial charge is 0.463 e. The molecule has 0 aromatic rings. The first-order valence-corrected chi connectivity index (χ1v) is 4.39. The zero-order valence-corrected chi connectivity index (χ0v) is 7.16. The second kappa shape index (κ2) is 5.58. The molecular weight excluding hydrogens is 152 g/mol. The molecule has 0 aromatic carbocycles. The predicted molar refractivity (Wildman–Crippen MR) is 47.7 cm³/mol. The Labute approximate surface area is 72.9 Å². The van der Waals surface area contributed by atoms with Gasteiger partial charge in [-0.15, -0.1) is 0 Å². The Balaban J connectivity index is 2.40. The fraction of sp³-hybridized carbons (Fsp3) is 0.500. The molecule has 0 aliphatic carbocycles. The smallest absolute Gasteiger partial charge is 0.330 e. The van der Waals surface area contributed by atoms with Crippen LogP contribution in [-0.2, 0) is 9.53 Å². The fourth-order valence-corrected chi connectivity index (χ4v) is 1.07. The lowest BCUT2D eigenvalue weighted by atomic mass is 10.2. The minimum atomic E-state index is -0.235. The Hall–Kier alpha value is -1.05. The quantitative estimate of drug-likeness (QED) is 0.516. The van der Waals surface area contributed by atoms with Crippen LogP contribution in [-0.4, -0.2) is 12.6 Å². The van der Waals surface area contributed by atoms with Crippen LogP contribution in [0.15, 0.2) is 24.3 Å². The molecule has 0 unspecified atom stereocenters. The summed E-state index contributed by atoms with van der Waals surface area (Å²) >= 11 is 0. The Kier molecular flexibility index (Phi) is 4.21. The standard InChI is InChI=1S/C10H14O2/c11-10-8-6-4-2-1-3-5-7-9-12-10/h2,4,6,8H,1,3,5,7,9H2/b4-2+,8-6-. The van der Waals surface area contributed by atoms with Crippen molar-refractivity contribution in [2.24, 2.45) is 0 Å². The summed E-state index contributed by atoms with van der Waals surface area (Å²) in [7, 11) is 0. The van der Waals surface area contributed by atoms with Crippen LogP contribution in [0.5, 0.6) is 0 Å². The molecule has 0 radical (unpaired) electrons. The summed E-state index contributed by atoms with van der Waals surface area (Å²) in [5.41, 5.74) is 0. The molecule has 0 fully saturated rings. The molecule has 0 spiro atoms. The molecule has 2 nitrogen and oxygen atoms in total. The summed E-state index contributed by atoms with van der Waals surface area (Å²) in [6, 6.07) is 0. The maximum Gasteiger partial charge on any atom is 0.330 e. The Bertz CT molecular complexity index is 192. The van der Waals surface area contributed by atoms with E-state index in [0.717, 1.165) is 19.3 Å². The highest BCUT2D eigenvalue weighted by atomic mass is 16.5. The van der Waals surface area contributed by atoms with E-state index in [1.165, 1.54) is 12.5 Å². The molecule has 1 aliphatic rings. The van der Waals surface area contributed by atoms with Crippen LogP contribution in [0.4, 0.5) is 0 Å². The van der Waals surface area contributed by atoms with E-state index in [4.69, 9.17) is 4.74 Å². The summed E-state index contributed by atoms with van der Waals surface area (Å²) in [6.45, 7) is 0.559. The van der Waals surface area contributed by atoms with Gasteiger partial charge in [0.15, 0.2) is 0 Å². The summed E-state index contributed by atoms with van der Waals surface area (Å²) < 4.78 is 4.91. The lowest BCUT2D eigenvalue weighted by Gasteiger charge is -1.99. The minimum absolute atomic E-state index is 0.235. The van der Waals surface area contributed by atoms with E-state index in [0.29, 0.717) is 6.61 Å². The molecule has 12 heavy (non-hydrogen) atoms. The van der Waals surface area contributed by atoms with E-state index in [1.54, 1.807) is 6.08 Å². The molecule has 0 N–H and O–H groups in total. The van der Waals surface area contributed by atoms with E-state index >= 15 is 0 Å². The average molecular weight is 166 g/mol. The molecule has 0 saturated carbocycles. The number of hydrogen-bond acceptors (Lipinski definition) is 2. The Morgan fingerprint density at radius 1 is 1.17 bits per heavy atom. The third kappa shape index (κ3) is 3.96. The topological polar surface area (TPSA) is 26.3 Å². The fourth-order valence-electron chi connectivity index (χ4n) is 1.07. The van der Waals surface area contributed by atoms with Crippen molar-refractivity contribution in [1.29, 1.82) is 0 Å². The van der Waals surface area contributed by atoms with Crippen molar-refractivity contribution >= 4 is 5.97 Å². The lowest BCUT2D eigenvalue weighted by Crippen LogP contribution is -2.01.